The van der Waals surface area contributed by atoms with E-state index in [1.807, 2.05) is 41.3 Å². The van der Waals surface area contributed by atoms with Gasteiger partial charge < -0.3 is 19.4 Å². The molecular formula is C27H24N4O5S2. The number of nitrogens with one attached hydrogen (secondary N) is 2. The molecule has 38 heavy (non-hydrogen) atoms. The number of sulfonamides is 1. The van der Waals surface area contributed by atoms with E-state index in [2.05, 4.69) is 15.0 Å². The number of benzene rings is 2. The van der Waals surface area contributed by atoms with Crippen LogP contribution in [-0.2, 0) is 14.8 Å². The maximum Gasteiger partial charge on any atom is 0.337 e. The molecule has 0 amide bonds. The Morgan fingerprint density at radius 3 is 2.55 bits per heavy atom. The Balaban J connectivity index is 1.54. The van der Waals surface area contributed by atoms with Gasteiger partial charge in [-0.3, -0.25) is 9.71 Å². The summed E-state index contributed by atoms with van der Waals surface area (Å²) in [6, 6.07) is 22.6. The molecule has 11 heteroatoms. The van der Waals surface area contributed by atoms with Gasteiger partial charge in [0.1, 0.15) is 17.6 Å². The molecule has 194 valence electrons. The highest BCUT2D eigenvalue weighted by molar-refractivity contribution is 7.92. The zero-order chi connectivity index (χ0) is 26.9. The average molecular weight is 549 g/mol. The van der Waals surface area contributed by atoms with Crippen LogP contribution in [0.1, 0.15) is 33.9 Å². The van der Waals surface area contributed by atoms with Gasteiger partial charge in [-0.25, -0.2) is 13.2 Å². The number of pyridine rings is 1. The van der Waals surface area contributed by atoms with Gasteiger partial charge in [-0.15, -0.1) is 0 Å². The van der Waals surface area contributed by atoms with Crippen LogP contribution in [0.25, 0.3) is 11.3 Å². The van der Waals surface area contributed by atoms with Crippen LogP contribution in [0.3, 0.4) is 0 Å². The fourth-order valence-electron chi connectivity index (χ4n) is 4.41. The summed E-state index contributed by atoms with van der Waals surface area (Å²) in [4.78, 5) is 18.5. The summed E-state index contributed by atoms with van der Waals surface area (Å²) in [6.45, 7) is 0. The molecule has 0 spiro atoms. The van der Waals surface area contributed by atoms with Crippen LogP contribution in [0.2, 0.25) is 0 Å². The number of hydrogen-bond acceptors (Lipinski definition) is 7. The summed E-state index contributed by atoms with van der Waals surface area (Å²) >= 11 is 5.74. The first-order valence-electron chi connectivity index (χ1n) is 11.6. The van der Waals surface area contributed by atoms with E-state index in [1.165, 1.54) is 7.11 Å². The molecular weight excluding hydrogens is 524 g/mol. The summed E-state index contributed by atoms with van der Waals surface area (Å²) in [5.74, 6) is 0.778. The third kappa shape index (κ3) is 5.24. The molecule has 2 aromatic heterocycles. The summed E-state index contributed by atoms with van der Waals surface area (Å²) in [6.07, 6.45) is 2.82. The van der Waals surface area contributed by atoms with Crippen molar-refractivity contribution in [2.24, 2.45) is 0 Å². The zero-order valence-corrected chi connectivity index (χ0v) is 22.1. The number of aromatic nitrogens is 1. The molecule has 1 aliphatic heterocycles. The van der Waals surface area contributed by atoms with Crippen molar-refractivity contribution < 1.29 is 22.4 Å². The van der Waals surface area contributed by atoms with Gasteiger partial charge in [0.2, 0.25) is 10.0 Å². The number of carbonyl (C=O) groups excluding carboxylic acids is 1. The second kappa shape index (κ2) is 10.3. The molecule has 0 radical (unpaired) electrons. The number of nitrogens with zero attached hydrogens (tertiary/aromatic N) is 2. The van der Waals surface area contributed by atoms with Crippen LogP contribution in [0.4, 0.5) is 11.4 Å². The van der Waals surface area contributed by atoms with Crippen molar-refractivity contribution in [2.45, 2.75) is 12.1 Å². The van der Waals surface area contributed by atoms with E-state index in [4.69, 9.17) is 21.4 Å². The second-order valence-electron chi connectivity index (χ2n) is 8.69. The molecule has 1 fully saturated rings. The Hall–Kier alpha value is -4.22. The quantitative estimate of drug-likeness (QED) is 0.251. The molecule has 2 atom stereocenters. The number of anilines is 2. The zero-order valence-electron chi connectivity index (χ0n) is 20.5. The molecule has 2 aromatic carbocycles. The second-order valence-corrected chi connectivity index (χ2v) is 10.8. The number of esters is 1. The summed E-state index contributed by atoms with van der Waals surface area (Å²) in [5.41, 5.74) is 3.11. The van der Waals surface area contributed by atoms with Gasteiger partial charge in [-0.2, -0.15) is 0 Å². The number of ether oxygens (including phenoxy) is 1. The van der Waals surface area contributed by atoms with Crippen molar-refractivity contribution in [1.82, 2.24) is 10.3 Å². The fourth-order valence-corrected chi connectivity index (χ4v) is 5.32. The van der Waals surface area contributed by atoms with Crippen LogP contribution in [0.5, 0.6) is 0 Å². The number of methoxy groups -OCH3 is 1. The highest BCUT2D eigenvalue weighted by atomic mass is 32.2. The van der Waals surface area contributed by atoms with Crippen molar-refractivity contribution in [3.05, 3.63) is 102 Å². The number of furan rings is 1. The molecule has 1 saturated heterocycles. The lowest BCUT2D eigenvalue weighted by molar-refractivity contribution is 0.0600. The molecule has 0 bridgehead atoms. The maximum absolute atomic E-state index is 12.0. The predicted octanol–water partition coefficient (Wildman–Crippen LogP) is 4.68. The van der Waals surface area contributed by atoms with E-state index in [1.54, 1.807) is 48.7 Å². The predicted molar refractivity (Wildman–Crippen MR) is 148 cm³/mol. The van der Waals surface area contributed by atoms with Gasteiger partial charge in [0, 0.05) is 23.1 Å². The van der Waals surface area contributed by atoms with Crippen molar-refractivity contribution in [2.75, 3.05) is 23.0 Å². The molecule has 5 rings (SSSR count). The van der Waals surface area contributed by atoms with Crippen molar-refractivity contribution in [3.63, 3.8) is 0 Å². The lowest BCUT2D eigenvalue weighted by atomic mass is 10.0. The highest BCUT2D eigenvalue weighted by Crippen LogP contribution is 2.43. The van der Waals surface area contributed by atoms with Crippen LogP contribution in [-0.4, -0.2) is 37.8 Å². The summed E-state index contributed by atoms with van der Waals surface area (Å²) in [5, 5.41) is 3.84. The van der Waals surface area contributed by atoms with Crippen LogP contribution < -0.4 is 14.9 Å². The van der Waals surface area contributed by atoms with E-state index in [9.17, 15) is 13.2 Å². The molecule has 1 aliphatic rings. The van der Waals surface area contributed by atoms with Crippen LogP contribution >= 0.6 is 12.2 Å². The van der Waals surface area contributed by atoms with Crippen molar-refractivity contribution in [1.29, 1.82) is 0 Å². The van der Waals surface area contributed by atoms with E-state index in [0.29, 0.717) is 27.9 Å². The maximum atomic E-state index is 12.0. The van der Waals surface area contributed by atoms with E-state index in [0.717, 1.165) is 23.2 Å². The first kappa shape index (κ1) is 25.4. The van der Waals surface area contributed by atoms with Crippen LogP contribution in [0.15, 0.2) is 89.5 Å². The number of carbonyl (C=O) groups is 1. The summed E-state index contributed by atoms with van der Waals surface area (Å²) in [7, 11) is -2.07. The van der Waals surface area contributed by atoms with Gasteiger partial charge in [0.15, 0.2) is 5.11 Å². The number of thiocarbonyl (C=S) groups is 1. The van der Waals surface area contributed by atoms with E-state index < -0.39 is 22.0 Å². The van der Waals surface area contributed by atoms with Crippen molar-refractivity contribution in [3.8, 4) is 11.3 Å². The monoisotopic (exact) mass is 548 g/mol. The van der Waals surface area contributed by atoms with Gasteiger partial charge >= 0.3 is 5.97 Å². The minimum Gasteiger partial charge on any atom is -0.465 e. The Morgan fingerprint density at radius 2 is 1.87 bits per heavy atom. The van der Waals surface area contributed by atoms with Gasteiger partial charge in [0.25, 0.3) is 0 Å². The highest BCUT2D eigenvalue weighted by Gasteiger charge is 2.42. The van der Waals surface area contributed by atoms with Gasteiger partial charge in [0.05, 0.1) is 30.7 Å². The Morgan fingerprint density at radius 1 is 1.08 bits per heavy atom. The smallest absolute Gasteiger partial charge is 0.337 e. The Kier molecular flexibility index (Phi) is 6.87. The largest absolute Gasteiger partial charge is 0.465 e. The van der Waals surface area contributed by atoms with Crippen molar-refractivity contribution >= 4 is 44.7 Å². The molecule has 2 unspecified atom stereocenters. The topological polar surface area (TPSA) is 114 Å². The SMILES string of the molecule is COC(=O)c1cccc(-c2ccc(C3C(c4ccccn4)NC(=S)N3c3ccc(NS(C)(=O)=O)cc3)o2)c1. The van der Waals surface area contributed by atoms with E-state index in [-0.39, 0.29) is 6.04 Å². The third-order valence-electron chi connectivity index (χ3n) is 6.03. The fraction of sp³-hybridized carbons (Fsp3) is 0.148. The van der Waals surface area contributed by atoms with E-state index >= 15 is 0 Å². The first-order valence-corrected chi connectivity index (χ1v) is 13.9. The average Bonchev–Trinajstić information content (AvgIpc) is 3.53. The standard InChI is InChI=1S/C27H24N4O5S2/c1-35-26(32)18-7-5-6-17(16-18)22-13-14-23(36-22)25-24(21-8-3-4-15-28-21)29-27(37)31(25)20-11-9-19(10-12-20)30-38(2,33)34/h3-16,24-25,30H,1-2H3,(H,29,37). The Labute approximate surface area is 225 Å². The molecule has 4 aromatic rings. The van der Waals surface area contributed by atoms with Gasteiger partial charge in [-0.05, 0) is 72.9 Å². The normalized spacial score (nSPS) is 17.2. The minimum atomic E-state index is -3.41. The molecule has 0 saturated carbocycles. The molecule has 9 nitrogen and oxygen atoms in total. The lowest BCUT2D eigenvalue weighted by Gasteiger charge is -2.26. The third-order valence-corrected chi connectivity index (χ3v) is 6.95. The molecule has 2 N–H and O–H groups in total. The minimum absolute atomic E-state index is 0.321. The molecule has 3 heterocycles. The number of hydrogen-bond donors (Lipinski definition) is 2. The van der Waals surface area contributed by atoms with Gasteiger partial charge in [-0.1, -0.05) is 18.2 Å². The molecule has 0 aliphatic carbocycles. The lowest BCUT2D eigenvalue weighted by Crippen LogP contribution is -2.29. The first-order chi connectivity index (χ1) is 18.2. The Bertz CT molecular complexity index is 1590. The van der Waals surface area contributed by atoms with Crippen LogP contribution in [0, 0.1) is 0 Å². The number of rotatable bonds is 7. The summed E-state index contributed by atoms with van der Waals surface area (Å²) < 4.78 is 36.9.